The van der Waals surface area contributed by atoms with E-state index in [1.807, 2.05) is 0 Å². The van der Waals surface area contributed by atoms with Gasteiger partial charge in [0.2, 0.25) is 0 Å². The molecule has 8 heteroatoms. The van der Waals surface area contributed by atoms with E-state index in [4.69, 9.17) is 18.9 Å². The van der Waals surface area contributed by atoms with Crippen molar-refractivity contribution in [2.45, 2.75) is 13.8 Å². The molecule has 8 nitrogen and oxygen atoms in total. The molecular weight excluding hydrogens is 584 g/mol. The molecule has 0 unspecified atom stereocenters. The Morgan fingerprint density at radius 1 is 0.609 bits per heavy atom. The average molecular weight is 613 g/mol. The zero-order chi connectivity index (χ0) is 33.2. The maximum Gasteiger partial charge on any atom is 0.343 e. The molecule has 0 heterocycles. The van der Waals surface area contributed by atoms with Gasteiger partial charge in [0.1, 0.15) is 17.2 Å². The van der Waals surface area contributed by atoms with Crippen LogP contribution in [0, 0.1) is 11.8 Å². The van der Waals surface area contributed by atoms with Gasteiger partial charge in [0.05, 0.1) is 11.1 Å². The lowest BCUT2D eigenvalue weighted by molar-refractivity contribution is -0.130. The van der Waals surface area contributed by atoms with Crippen LogP contribution < -0.4 is 18.9 Å². The minimum atomic E-state index is -0.669. The summed E-state index contributed by atoms with van der Waals surface area (Å²) < 4.78 is 21.3. The maximum atomic E-state index is 13.0. The van der Waals surface area contributed by atoms with Gasteiger partial charge in [-0.1, -0.05) is 55.8 Å². The van der Waals surface area contributed by atoms with Crippen molar-refractivity contribution in [3.63, 3.8) is 0 Å². The number of rotatable bonds is 9. The first kappa shape index (κ1) is 32.5. The molecule has 0 bridgehead atoms. The van der Waals surface area contributed by atoms with Crippen LogP contribution in [0.3, 0.4) is 0 Å². The summed E-state index contributed by atoms with van der Waals surface area (Å²) in [4.78, 5) is 48.4. The van der Waals surface area contributed by atoms with E-state index in [1.165, 1.54) is 19.1 Å². The quantitative estimate of drug-likeness (QED) is 0.0859. The summed E-state index contributed by atoms with van der Waals surface area (Å²) in [5.41, 5.74) is 3.42. The molecule has 0 aromatic heterocycles. The predicted octanol–water partition coefficient (Wildman–Crippen LogP) is 7.03. The van der Waals surface area contributed by atoms with E-state index < -0.39 is 23.9 Å². The van der Waals surface area contributed by atoms with Gasteiger partial charge in [0.25, 0.3) is 0 Å². The summed E-state index contributed by atoms with van der Waals surface area (Å²) >= 11 is 0. The van der Waals surface area contributed by atoms with Crippen LogP contribution in [0.1, 0.15) is 35.3 Å². The minimum absolute atomic E-state index is 0.0788. The van der Waals surface area contributed by atoms with Gasteiger partial charge in [-0.05, 0) is 85.6 Å². The molecule has 228 valence electrons. The number of ether oxygens (including phenoxy) is 4. The fraction of sp³-hybridized carbons (Fsp3) is 0.0526. The van der Waals surface area contributed by atoms with E-state index >= 15 is 0 Å². The molecule has 0 aliphatic rings. The third-order valence-corrected chi connectivity index (χ3v) is 6.16. The Bertz CT molecular complexity index is 1900. The molecule has 0 aliphatic carbocycles. The van der Waals surface area contributed by atoms with Crippen molar-refractivity contribution in [1.82, 2.24) is 0 Å². The van der Waals surface area contributed by atoms with Gasteiger partial charge in [0.15, 0.2) is 5.75 Å². The molecule has 0 fully saturated rings. The Hall–Kier alpha value is -6.46. The van der Waals surface area contributed by atoms with Crippen molar-refractivity contribution < 1.29 is 38.1 Å². The summed E-state index contributed by atoms with van der Waals surface area (Å²) in [7, 11) is 0. The lowest BCUT2D eigenvalue weighted by Gasteiger charge is -2.10. The van der Waals surface area contributed by atoms with Crippen molar-refractivity contribution in [3.8, 4) is 46.0 Å². The van der Waals surface area contributed by atoms with E-state index in [2.05, 4.69) is 31.6 Å². The molecule has 0 atom stereocenters. The molecule has 4 aromatic carbocycles. The van der Waals surface area contributed by atoms with Crippen LogP contribution in [0.4, 0.5) is 0 Å². The Morgan fingerprint density at radius 2 is 1.13 bits per heavy atom. The van der Waals surface area contributed by atoms with Crippen molar-refractivity contribution in [1.29, 1.82) is 0 Å². The Labute approximate surface area is 266 Å². The summed E-state index contributed by atoms with van der Waals surface area (Å²) in [5.74, 6) is 4.48. The topological polar surface area (TPSA) is 105 Å². The SMILES string of the molecule is C=CC(=O)Oc1ccc(C#Cc2ccc(OC(=O)c3ccc(-c4ccc(OC(=O)C(=C)C)cc4)cc3)cc2OC(=O)C(=C)C)cc1. The summed E-state index contributed by atoms with van der Waals surface area (Å²) in [5, 5.41) is 0. The van der Waals surface area contributed by atoms with Crippen molar-refractivity contribution in [2.24, 2.45) is 0 Å². The largest absolute Gasteiger partial charge is 0.423 e. The van der Waals surface area contributed by atoms with Crippen LogP contribution in [0.25, 0.3) is 11.1 Å². The van der Waals surface area contributed by atoms with Gasteiger partial charge >= 0.3 is 23.9 Å². The molecule has 0 N–H and O–H groups in total. The molecule has 0 aliphatic heterocycles. The summed E-state index contributed by atoms with van der Waals surface area (Å²) in [6.45, 7) is 13.6. The van der Waals surface area contributed by atoms with Gasteiger partial charge in [-0.2, -0.15) is 0 Å². The van der Waals surface area contributed by atoms with Crippen LogP contribution in [-0.4, -0.2) is 23.9 Å². The number of carbonyl (C=O) groups excluding carboxylic acids is 4. The molecule has 4 rings (SSSR count). The van der Waals surface area contributed by atoms with Crippen LogP contribution >= 0.6 is 0 Å². The van der Waals surface area contributed by atoms with Gasteiger partial charge in [-0.25, -0.2) is 19.2 Å². The van der Waals surface area contributed by atoms with Crippen LogP contribution in [0.2, 0.25) is 0 Å². The van der Waals surface area contributed by atoms with Crippen LogP contribution in [0.5, 0.6) is 23.0 Å². The van der Waals surface area contributed by atoms with Crippen molar-refractivity contribution >= 4 is 23.9 Å². The first-order chi connectivity index (χ1) is 22.0. The third kappa shape index (κ3) is 8.78. The number of carbonyl (C=O) groups is 4. The van der Waals surface area contributed by atoms with Gasteiger partial charge in [-0.15, -0.1) is 0 Å². The molecule has 0 amide bonds. The van der Waals surface area contributed by atoms with Crippen LogP contribution in [-0.2, 0) is 14.4 Å². The number of benzene rings is 4. The van der Waals surface area contributed by atoms with E-state index in [1.54, 1.807) is 85.8 Å². The number of hydrogen-bond donors (Lipinski definition) is 0. The first-order valence-corrected chi connectivity index (χ1v) is 13.8. The van der Waals surface area contributed by atoms with Crippen LogP contribution in [0.15, 0.2) is 128 Å². The van der Waals surface area contributed by atoms with Gasteiger partial charge in [-0.3, -0.25) is 0 Å². The molecule has 4 aromatic rings. The second-order valence-corrected chi connectivity index (χ2v) is 9.89. The van der Waals surface area contributed by atoms with Gasteiger partial charge in [0, 0.05) is 28.9 Å². The lowest BCUT2D eigenvalue weighted by atomic mass is 10.0. The highest BCUT2D eigenvalue weighted by Gasteiger charge is 2.15. The highest BCUT2D eigenvalue weighted by molar-refractivity contribution is 5.92. The molecule has 0 radical (unpaired) electrons. The average Bonchev–Trinajstić information content (AvgIpc) is 3.05. The molecular formula is C38H28O8. The van der Waals surface area contributed by atoms with Gasteiger partial charge < -0.3 is 18.9 Å². The molecule has 0 saturated carbocycles. The Morgan fingerprint density at radius 3 is 1.72 bits per heavy atom. The van der Waals surface area contributed by atoms with E-state index in [0.717, 1.165) is 17.2 Å². The maximum absolute atomic E-state index is 13.0. The van der Waals surface area contributed by atoms with E-state index in [9.17, 15) is 19.2 Å². The zero-order valence-electron chi connectivity index (χ0n) is 25.1. The summed E-state index contributed by atoms with van der Waals surface area (Å²) in [6, 6.07) is 24.7. The third-order valence-electron chi connectivity index (χ3n) is 6.16. The molecule has 46 heavy (non-hydrogen) atoms. The van der Waals surface area contributed by atoms with Crippen molar-refractivity contribution in [3.05, 3.63) is 145 Å². The zero-order valence-corrected chi connectivity index (χ0v) is 25.1. The van der Waals surface area contributed by atoms with E-state index in [-0.39, 0.29) is 17.1 Å². The second kappa shape index (κ2) is 14.8. The summed E-state index contributed by atoms with van der Waals surface area (Å²) in [6.07, 6.45) is 1.06. The molecule has 0 saturated heterocycles. The highest BCUT2D eigenvalue weighted by Crippen LogP contribution is 2.27. The first-order valence-electron chi connectivity index (χ1n) is 13.8. The Balaban J connectivity index is 1.49. The second-order valence-electron chi connectivity index (χ2n) is 9.89. The predicted molar refractivity (Wildman–Crippen MR) is 172 cm³/mol. The standard InChI is InChI=1S/C38H28O8/c1-6-35(39)43-31-18-8-26(9-19-31)7-10-29-17-22-33(23-34(29)46-37(41)25(4)5)45-38(42)30-13-11-27(12-14-30)28-15-20-32(21-16-28)44-36(40)24(2)3/h6,8-9,11-23H,1-2,4H2,3,5H3. The minimum Gasteiger partial charge on any atom is -0.423 e. The van der Waals surface area contributed by atoms with Crippen molar-refractivity contribution in [2.75, 3.05) is 0 Å². The Kier molecular flexibility index (Phi) is 10.5. The highest BCUT2D eigenvalue weighted by atomic mass is 16.6. The fourth-order valence-electron chi connectivity index (χ4n) is 3.72. The van der Waals surface area contributed by atoms with E-state index in [0.29, 0.717) is 33.8 Å². The normalized spacial score (nSPS) is 9.96. The monoisotopic (exact) mass is 612 g/mol. The smallest absolute Gasteiger partial charge is 0.343 e. The number of hydrogen-bond acceptors (Lipinski definition) is 8. The fourth-order valence-corrected chi connectivity index (χ4v) is 3.72. The number of esters is 4. The lowest BCUT2D eigenvalue weighted by Crippen LogP contribution is -2.11. The molecule has 0 spiro atoms.